The Labute approximate surface area is 127 Å². The van der Waals surface area contributed by atoms with Crippen molar-refractivity contribution in [2.24, 2.45) is 0 Å². The second-order valence-electron chi connectivity index (χ2n) is 5.19. The highest BCUT2D eigenvalue weighted by atomic mass is 32.2. The lowest BCUT2D eigenvalue weighted by molar-refractivity contribution is 0.532. The molecular weight excluding hydrogens is 290 g/mol. The summed E-state index contributed by atoms with van der Waals surface area (Å²) in [6.07, 6.45) is 3.04. The van der Waals surface area contributed by atoms with Crippen LogP contribution < -0.4 is 5.32 Å². The second kappa shape index (κ2) is 8.70. The van der Waals surface area contributed by atoms with Crippen LogP contribution in [0.15, 0.2) is 29.2 Å². The minimum Gasteiger partial charge on any atom is -0.313 e. The maximum absolute atomic E-state index is 11.3. The third-order valence-electron chi connectivity index (χ3n) is 2.99. The van der Waals surface area contributed by atoms with Crippen LogP contribution >= 0.6 is 11.8 Å². The molecule has 0 heterocycles. The first-order valence-electron chi connectivity index (χ1n) is 7.01. The van der Waals surface area contributed by atoms with Crippen molar-refractivity contribution in [3.05, 3.63) is 29.8 Å². The number of thioether (sulfide) groups is 1. The van der Waals surface area contributed by atoms with Crippen LogP contribution in [0.2, 0.25) is 0 Å². The lowest BCUT2D eigenvalue weighted by Crippen LogP contribution is -2.33. The van der Waals surface area contributed by atoms with Crippen LogP contribution in [0.4, 0.5) is 0 Å². The molecule has 5 heteroatoms. The van der Waals surface area contributed by atoms with Gasteiger partial charge in [-0.05, 0) is 38.4 Å². The van der Waals surface area contributed by atoms with Crippen LogP contribution in [-0.2, 0) is 9.84 Å². The lowest BCUT2D eigenvalue weighted by Gasteiger charge is -2.17. The Kier molecular flexibility index (Phi) is 7.62. The van der Waals surface area contributed by atoms with Crippen molar-refractivity contribution in [3.8, 4) is 0 Å². The van der Waals surface area contributed by atoms with Crippen LogP contribution in [0, 0.1) is 6.92 Å². The lowest BCUT2D eigenvalue weighted by atomic mass is 10.2. The van der Waals surface area contributed by atoms with Crippen molar-refractivity contribution in [1.29, 1.82) is 0 Å². The third kappa shape index (κ3) is 7.92. The fourth-order valence-corrected chi connectivity index (χ4v) is 3.50. The highest BCUT2D eigenvalue weighted by molar-refractivity contribution is 7.99. The highest BCUT2D eigenvalue weighted by Gasteiger charge is 2.12. The predicted molar refractivity (Wildman–Crippen MR) is 88.3 cm³/mol. The standard InChI is InChI=1S/C15H25NO2S2/c1-4-10-16-14(9-11-20(3,17)18)12-19-15-7-5-13(2)6-8-15/h5-8,14,16H,4,9-12H2,1-3H3. The van der Waals surface area contributed by atoms with E-state index in [0.29, 0.717) is 6.42 Å². The van der Waals surface area contributed by atoms with Crippen LogP contribution in [0.3, 0.4) is 0 Å². The van der Waals surface area contributed by atoms with Gasteiger partial charge in [0.15, 0.2) is 0 Å². The molecule has 3 nitrogen and oxygen atoms in total. The molecule has 0 aliphatic heterocycles. The van der Waals surface area contributed by atoms with Crippen LogP contribution in [0.1, 0.15) is 25.3 Å². The Bertz CT molecular complexity index is 483. The molecule has 1 unspecified atom stereocenters. The molecule has 1 aromatic rings. The molecule has 114 valence electrons. The first kappa shape index (κ1) is 17.5. The molecule has 0 saturated heterocycles. The average molecular weight is 316 g/mol. The SMILES string of the molecule is CCCNC(CCS(C)(=O)=O)CSc1ccc(C)cc1. The van der Waals surface area contributed by atoms with Crippen molar-refractivity contribution in [1.82, 2.24) is 5.32 Å². The Hall–Kier alpha value is -0.520. The second-order valence-corrected chi connectivity index (χ2v) is 8.55. The van der Waals surface area contributed by atoms with Crippen molar-refractivity contribution < 1.29 is 8.42 Å². The fraction of sp³-hybridized carbons (Fsp3) is 0.600. The molecule has 0 spiro atoms. The van der Waals surface area contributed by atoms with Crippen molar-refractivity contribution in [2.45, 2.75) is 37.6 Å². The smallest absolute Gasteiger partial charge is 0.147 e. The summed E-state index contributed by atoms with van der Waals surface area (Å²) in [5, 5.41) is 3.44. The molecule has 0 aromatic heterocycles. The molecule has 1 N–H and O–H groups in total. The van der Waals surface area contributed by atoms with Gasteiger partial charge in [0.25, 0.3) is 0 Å². The van der Waals surface area contributed by atoms with Crippen molar-refractivity contribution in [3.63, 3.8) is 0 Å². The van der Waals surface area contributed by atoms with Gasteiger partial charge in [-0.3, -0.25) is 0 Å². The molecule has 0 amide bonds. The van der Waals surface area contributed by atoms with Gasteiger partial charge in [-0.25, -0.2) is 8.42 Å². The van der Waals surface area contributed by atoms with E-state index in [1.807, 2.05) is 0 Å². The number of hydrogen-bond donors (Lipinski definition) is 1. The summed E-state index contributed by atoms with van der Waals surface area (Å²) < 4.78 is 22.6. The maximum Gasteiger partial charge on any atom is 0.147 e. The molecule has 1 rings (SSSR count). The zero-order valence-corrected chi connectivity index (χ0v) is 14.2. The summed E-state index contributed by atoms with van der Waals surface area (Å²) in [6, 6.07) is 8.69. The largest absolute Gasteiger partial charge is 0.313 e. The molecule has 0 radical (unpaired) electrons. The zero-order valence-electron chi connectivity index (χ0n) is 12.6. The number of hydrogen-bond acceptors (Lipinski definition) is 4. The number of aryl methyl sites for hydroxylation is 1. The average Bonchev–Trinajstić information content (AvgIpc) is 2.38. The molecule has 20 heavy (non-hydrogen) atoms. The Morgan fingerprint density at radius 2 is 1.90 bits per heavy atom. The van der Waals surface area contributed by atoms with E-state index in [2.05, 4.69) is 43.4 Å². The molecule has 1 atom stereocenters. The first-order valence-corrected chi connectivity index (χ1v) is 10.1. The van der Waals surface area contributed by atoms with E-state index in [1.165, 1.54) is 16.7 Å². The van der Waals surface area contributed by atoms with Gasteiger partial charge in [0.05, 0.1) is 5.75 Å². The molecule has 0 aliphatic rings. The Balaban J connectivity index is 2.48. The summed E-state index contributed by atoms with van der Waals surface area (Å²) in [6.45, 7) is 5.13. The summed E-state index contributed by atoms with van der Waals surface area (Å²) in [4.78, 5) is 1.23. The molecule has 0 fully saturated rings. The quantitative estimate of drug-likeness (QED) is 0.712. The monoisotopic (exact) mass is 315 g/mol. The summed E-state index contributed by atoms with van der Waals surface area (Å²) >= 11 is 1.78. The molecule has 0 saturated carbocycles. The zero-order chi connectivity index (χ0) is 15.0. The van der Waals surface area contributed by atoms with Crippen molar-refractivity contribution in [2.75, 3.05) is 24.3 Å². The van der Waals surface area contributed by atoms with E-state index in [9.17, 15) is 8.42 Å². The number of benzene rings is 1. The predicted octanol–water partition coefficient (Wildman–Crippen LogP) is 2.89. The Morgan fingerprint density at radius 3 is 2.45 bits per heavy atom. The van der Waals surface area contributed by atoms with Crippen LogP contribution in [-0.4, -0.2) is 38.8 Å². The van der Waals surface area contributed by atoms with Gasteiger partial charge >= 0.3 is 0 Å². The number of rotatable bonds is 9. The summed E-state index contributed by atoms with van der Waals surface area (Å²) in [5.41, 5.74) is 1.26. The minimum absolute atomic E-state index is 0.246. The fourth-order valence-electron chi connectivity index (χ4n) is 1.78. The highest BCUT2D eigenvalue weighted by Crippen LogP contribution is 2.20. The van der Waals surface area contributed by atoms with Gasteiger partial charge < -0.3 is 5.32 Å². The van der Waals surface area contributed by atoms with Crippen LogP contribution in [0.25, 0.3) is 0 Å². The third-order valence-corrected chi connectivity index (χ3v) is 5.14. The van der Waals surface area contributed by atoms with Gasteiger partial charge in [0.2, 0.25) is 0 Å². The first-order chi connectivity index (χ1) is 9.40. The summed E-state index contributed by atoms with van der Waals surface area (Å²) in [7, 11) is -2.88. The van der Waals surface area contributed by atoms with Gasteiger partial charge in [-0.2, -0.15) is 0 Å². The number of nitrogens with one attached hydrogen (secondary N) is 1. The molecule has 0 bridgehead atoms. The van der Waals surface area contributed by atoms with Crippen molar-refractivity contribution >= 4 is 21.6 Å². The Morgan fingerprint density at radius 1 is 1.25 bits per heavy atom. The maximum atomic E-state index is 11.3. The molecule has 1 aromatic carbocycles. The molecule has 0 aliphatic carbocycles. The minimum atomic E-state index is -2.88. The number of sulfone groups is 1. The van der Waals surface area contributed by atoms with E-state index in [1.54, 1.807) is 11.8 Å². The van der Waals surface area contributed by atoms with Gasteiger partial charge in [0.1, 0.15) is 9.84 Å². The normalized spacial score (nSPS) is 13.3. The van der Waals surface area contributed by atoms with E-state index >= 15 is 0 Å². The van der Waals surface area contributed by atoms with Gasteiger partial charge in [0, 0.05) is 22.9 Å². The van der Waals surface area contributed by atoms with E-state index in [4.69, 9.17) is 0 Å². The van der Waals surface area contributed by atoms with Gasteiger partial charge in [-0.1, -0.05) is 24.6 Å². The topological polar surface area (TPSA) is 46.2 Å². The molecular formula is C15H25NO2S2. The van der Waals surface area contributed by atoms with E-state index in [0.717, 1.165) is 18.7 Å². The van der Waals surface area contributed by atoms with E-state index < -0.39 is 9.84 Å². The summed E-state index contributed by atoms with van der Waals surface area (Å²) in [5.74, 6) is 1.15. The van der Waals surface area contributed by atoms with E-state index in [-0.39, 0.29) is 11.8 Å². The van der Waals surface area contributed by atoms with Crippen LogP contribution in [0.5, 0.6) is 0 Å². The van der Waals surface area contributed by atoms with Gasteiger partial charge in [-0.15, -0.1) is 11.8 Å².